The molecule has 7 amide bonds. The monoisotopic (exact) mass is 1280 g/mol. The van der Waals surface area contributed by atoms with E-state index in [1.807, 2.05) is 164 Å². The summed E-state index contributed by atoms with van der Waals surface area (Å²) in [5.41, 5.74) is 3.41. The highest BCUT2D eigenvalue weighted by Gasteiger charge is 2.42. The van der Waals surface area contributed by atoms with E-state index in [1.165, 1.54) is 22.0 Å². The van der Waals surface area contributed by atoms with Crippen molar-refractivity contribution in [3.63, 3.8) is 0 Å². The predicted octanol–water partition coefficient (Wildman–Crippen LogP) is 18.0. The minimum absolute atomic E-state index is 0.0424. The maximum atomic E-state index is 16.0. The lowest BCUT2D eigenvalue weighted by atomic mass is 9.79. The van der Waals surface area contributed by atoms with Crippen molar-refractivity contribution in [2.75, 3.05) is 24.5 Å². The molecular weight excluding hydrogens is 1220 g/mol. The van der Waals surface area contributed by atoms with Gasteiger partial charge in [0.1, 0.15) is 46.0 Å². The summed E-state index contributed by atoms with van der Waals surface area (Å²) in [5, 5.41) is 11.9. The number of nitrogens with zero attached hydrogens (tertiary/aromatic N) is 3. The van der Waals surface area contributed by atoms with Crippen molar-refractivity contribution in [2.24, 2.45) is 0 Å². The summed E-state index contributed by atoms with van der Waals surface area (Å²) in [7, 11) is 0. The largest absolute Gasteiger partial charge is 0.457 e. The Kier molecular flexibility index (Phi) is 14.7. The number of anilines is 1. The summed E-state index contributed by atoms with van der Waals surface area (Å²) in [6.07, 6.45) is 3.93. The van der Waals surface area contributed by atoms with Crippen LogP contribution in [-0.2, 0) is 14.4 Å². The van der Waals surface area contributed by atoms with Crippen LogP contribution in [0.15, 0.2) is 200 Å². The minimum Gasteiger partial charge on any atom is -0.457 e. The molecule has 476 valence electrons. The molecule has 1 N–H and O–H groups in total. The van der Waals surface area contributed by atoms with Crippen molar-refractivity contribution in [3.8, 4) is 46.0 Å². The Balaban J connectivity index is 0.929. The number of hydrogen-bond acceptors (Lipinski definition) is 11. The van der Waals surface area contributed by atoms with Gasteiger partial charge in [0.25, 0.3) is 35.4 Å². The number of rotatable bonds is 20. The van der Waals surface area contributed by atoms with Crippen molar-refractivity contribution in [1.29, 1.82) is 0 Å². The molecule has 16 rings (SSSR count). The molecule has 15 nitrogen and oxygen atoms in total. The van der Waals surface area contributed by atoms with Crippen LogP contribution in [0, 0.1) is 0 Å². The number of imide groups is 3. The lowest BCUT2D eigenvalue weighted by Crippen LogP contribution is -2.42. The zero-order valence-corrected chi connectivity index (χ0v) is 53.5. The lowest BCUT2D eigenvalue weighted by molar-refractivity contribution is -0.137. The minimum atomic E-state index is -0.503. The molecule has 0 fully saturated rings. The summed E-state index contributed by atoms with van der Waals surface area (Å²) in [5.74, 6) is 0.355. The van der Waals surface area contributed by atoms with Crippen molar-refractivity contribution in [3.05, 3.63) is 234 Å². The predicted molar refractivity (Wildman–Crippen MR) is 376 cm³/mol. The number of para-hydroxylation sites is 5. The number of unbranched alkanes of at least 4 members (excludes halogenated alkanes) is 2. The van der Waals surface area contributed by atoms with Crippen LogP contribution < -0.4 is 29.2 Å². The highest BCUT2D eigenvalue weighted by Crippen LogP contribution is 2.58. The van der Waals surface area contributed by atoms with Crippen LogP contribution in [0.5, 0.6) is 46.0 Å². The Bertz CT molecular complexity index is 5210. The second-order valence-corrected chi connectivity index (χ2v) is 25.5. The zero-order chi connectivity index (χ0) is 66.5. The third-order valence-electron chi connectivity index (χ3n) is 19.0. The van der Waals surface area contributed by atoms with Crippen LogP contribution in [0.3, 0.4) is 0 Å². The number of hydrogen-bond donors (Lipinski definition) is 1. The number of fused-ring (bicyclic) bond motifs is 4. The van der Waals surface area contributed by atoms with Gasteiger partial charge in [0.2, 0.25) is 5.91 Å². The summed E-state index contributed by atoms with van der Waals surface area (Å²) in [4.78, 5) is 103. The van der Waals surface area contributed by atoms with Gasteiger partial charge in [-0.15, -0.1) is 0 Å². The third kappa shape index (κ3) is 9.90. The van der Waals surface area contributed by atoms with Crippen LogP contribution in [-0.4, -0.2) is 70.8 Å². The van der Waals surface area contributed by atoms with Gasteiger partial charge in [-0.05, 0) is 141 Å². The van der Waals surface area contributed by atoms with Gasteiger partial charge in [0.05, 0.1) is 27.9 Å². The first-order valence-electron chi connectivity index (χ1n) is 32.8. The number of benzene rings is 13. The van der Waals surface area contributed by atoms with Gasteiger partial charge in [-0.25, -0.2) is 4.90 Å². The van der Waals surface area contributed by atoms with Gasteiger partial charge in [-0.1, -0.05) is 149 Å². The van der Waals surface area contributed by atoms with Crippen molar-refractivity contribution >= 4 is 122 Å². The average molecular weight is 1280 g/mol. The van der Waals surface area contributed by atoms with E-state index in [0.717, 1.165) is 48.3 Å². The first-order valence-corrected chi connectivity index (χ1v) is 32.8. The molecule has 0 saturated carbocycles. The smallest absolute Gasteiger partial charge is 0.266 e. The molecule has 15 heteroatoms. The summed E-state index contributed by atoms with van der Waals surface area (Å²) >= 11 is 0. The number of ether oxygens (including phenoxy) is 4. The SMILES string of the molecule is CC(C)c1cccc(C(C)C)c1N1C(=O)c2cc(Oc3ccccc3)c3c4ccc5c6c(Oc7ccccc7)cc7c8c(cc(Oc9ccccc9)c(c9ccc(c%10c(Oc%11ccccc%11)cc(c2c3%10)C1=O)c4c59)c86)C(=O)N(CCCCCC(=O)NCCN1C(=O)C=CC1=O)C7=O. The summed E-state index contributed by atoms with van der Waals surface area (Å²) in [6.45, 7) is 8.49. The van der Waals surface area contributed by atoms with Crippen molar-refractivity contribution < 1.29 is 52.5 Å². The Hall–Kier alpha value is -12.0. The van der Waals surface area contributed by atoms with Gasteiger partial charge >= 0.3 is 0 Å². The van der Waals surface area contributed by atoms with Gasteiger partial charge in [-0.2, -0.15) is 0 Å². The Labute approximate surface area is 556 Å². The van der Waals surface area contributed by atoms with Gasteiger partial charge in [0, 0.05) is 81.3 Å². The molecule has 0 saturated heterocycles. The number of amides is 7. The van der Waals surface area contributed by atoms with E-state index in [1.54, 1.807) is 24.3 Å². The van der Waals surface area contributed by atoms with E-state index >= 15 is 19.2 Å². The third-order valence-corrected chi connectivity index (χ3v) is 19.0. The normalized spacial score (nSPS) is 13.9. The van der Waals surface area contributed by atoms with Crippen LogP contribution >= 0.6 is 0 Å². The van der Waals surface area contributed by atoms with Gasteiger partial charge in [-0.3, -0.25) is 43.4 Å². The molecule has 0 aromatic heterocycles. The Morgan fingerprint density at radius 1 is 0.371 bits per heavy atom. The van der Waals surface area contributed by atoms with E-state index in [2.05, 4.69) is 33.0 Å². The van der Waals surface area contributed by atoms with E-state index in [0.29, 0.717) is 125 Å². The molecule has 0 radical (unpaired) electrons. The molecule has 13 aromatic rings. The van der Waals surface area contributed by atoms with Crippen LogP contribution in [0.4, 0.5) is 5.69 Å². The van der Waals surface area contributed by atoms with E-state index in [-0.39, 0.29) is 54.9 Å². The van der Waals surface area contributed by atoms with Gasteiger partial charge in [0.15, 0.2) is 0 Å². The van der Waals surface area contributed by atoms with Crippen LogP contribution in [0.25, 0.3) is 75.4 Å². The topological polar surface area (TPSA) is 178 Å². The molecule has 3 aliphatic rings. The quantitative estimate of drug-likeness (QED) is 0.0332. The molecular formula is C82H62N4O11. The Morgan fingerprint density at radius 2 is 0.732 bits per heavy atom. The van der Waals surface area contributed by atoms with Crippen molar-refractivity contribution in [2.45, 2.75) is 65.2 Å². The number of nitrogens with one attached hydrogen (secondary N) is 1. The first-order chi connectivity index (χ1) is 47.2. The molecule has 97 heavy (non-hydrogen) atoms. The fraction of sp³-hybridized carbons (Fsp3) is 0.159. The highest BCUT2D eigenvalue weighted by atomic mass is 16.5. The second kappa shape index (κ2) is 23.8. The number of carbonyl (C=O) groups is 7. The maximum Gasteiger partial charge on any atom is 0.266 e. The van der Waals surface area contributed by atoms with E-state index in [4.69, 9.17) is 18.9 Å². The molecule has 0 aliphatic carbocycles. The lowest BCUT2D eigenvalue weighted by Gasteiger charge is -2.33. The standard InChI is InChI=1S/C82H62N4O11/c1-45(2)51-29-20-30-52(46(3)4)78(51)86-81(92)59-43-63(96-49-25-14-7-15-26-49)74-55-34-32-53-68-54(33-35-56(69(55)68)75-64(97-50-27-16-8-17-28-50)44-60(82(86)93)71(59)77(74)75)73-62(95-48-23-12-6-13-24-48)42-58-70-57(41-61(72(53)76(70)73)94-47-21-10-5-11-22-47)79(90)85(80(58)91)39-19-9-18-31-65(87)83-38-40-84-66(88)36-37-67(84)89/h5-8,10-17,20-30,32-37,41-46H,9,18-19,31,38-40H2,1-4H3,(H,83,87). The summed E-state index contributed by atoms with van der Waals surface area (Å²) < 4.78 is 28.4. The zero-order valence-electron chi connectivity index (χ0n) is 53.5. The molecule has 3 aliphatic heterocycles. The Morgan fingerprint density at radius 3 is 1.09 bits per heavy atom. The van der Waals surface area contributed by atoms with Crippen LogP contribution in [0.1, 0.15) is 118 Å². The average Bonchev–Trinajstić information content (AvgIpc) is 0.777. The van der Waals surface area contributed by atoms with Crippen molar-refractivity contribution in [1.82, 2.24) is 15.1 Å². The second-order valence-electron chi connectivity index (χ2n) is 25.5. The molecule has 0 atom stereocenters. The molecule has 3 heterocycles. The van der Waals surface area contributed by atoms with Crippen LogP contribution in [0.2, 0.25) is 0 Å². The molecule has 0 spiro atoms. The molecule has 0 bridgehead atoms. The maximum absolute atomic E-state index is 16.0. The molecule has 13 aromatic carbocycles. The molecule has 0 unspecified atom stereocenters. The first kappa shape index (κ1) is 60.0. The fourth-order valence-corrected chi connectivity index (χ4v) is 14.7. The van der Waals surface area contributed by atoms with E-state index in [9.17, 15) is 14.4 Å². The number of carbonyl (C=O) groups excluding carboxylic acids is 7. The van der Waals surface area contributed by atoms with E-state index < -0.39 is 35.4 Å². The highest BCUT2D eigenvalue weighted by molar-refractivity contribution is 6.48. The fourth-order valence-electron chi connectivity index (χ4n) is 14.7. The van der Waals surface area contributed by atoms with Gasteiger partial charge < -0.3 is 24.3 Å². The summed E-state index contributed by atoms with van der Waals surface area (Å²) in [6, 6.07) is 58.8.